The Morgan fingerprint density at radius 2 is 1.24 bits per heavy atom. The average Bonchev–Trinajstić information content (AvgIpc) is 2.76. The van der Waals surface area contributed by atoms with Gasteiger partial charge in [0.25, 0.3) is 0 Å². The fraction of sp³-hybridized carbons (Fsp3) is 0.500. The van der Waals surface area contributed by atoms with E-state index in [9.17, 15) is 10.2 Å². The van der Waals surface area contributed by atoms with Crippen molar-refractivity contribution in [1.82, 2.24) is 0 Å². The van der Waals surface area contributed by atoms with Crippen molar-refractivity contribution < 1.29 is 24.4 Å². The second-order valence-corrected chi connectivity index (χ2v) is 7.38. The molecule has 2 aromatic carbocycles. The molecule has 160 valence electrons. The van der Waals surface area contributed by atoms with E-state index in [1.807, 2.05) is 30.3 Å². The molecule has 0 aliphatic carbocycles. The Balaban J connectivity index is 2.17. The maximum atomic E-state index is 10.0. The number of hydrogen-bond donors (Lipinski definition) is 2. The Morgan fingerprint density at radius 1 is 0.724 bits per heavy atom. The molecule has 2 aromatic rings. The molecule has 0 aromatic heterocycles. The standard InChI is InChI=1S/C24H34O5/c1-5-6-19-11-17(7-9-22(19)27-2)12-20(15-25)21(16-26)13-18-8-10-23(28-3)24(14-18)29-4/h7-11,14,20-21,25-26H,5-6,12-13,15-16H2,1-4H3/t20-,21+/m0/s1. The molecule has 0 saturated carbocycles. The van der Waals surface area contributed by atoms with Crippen LogP contribution < -0.4 is 14.2 Å². The number of hydrogen-bond acceptors (Lipinski definition) is 5. The Kier molecular flexibility index (Phi) is 9.29. The molecule has 2 N–H and O–H groups in total. The van der Waals surface area contributed by atoms with Crippen molar-refractivity contribution in [3.8, 4) is 17.2 Å². The average molecular weight is 403 g/mol. The van der Waals surface area contributed by atoms with Crippen LogP contribution in [0.1, 0.15) is 30.0 Å². The van der Waals surface area contributed by atoms with Crippen LogP contribution in [0.4, 0.5) is 0 Å². The molecule has 0 saturated heterocycles. The van der Waals surface area contributed by atoms with Gasteiger partial charge in [0.05, 0.1) is 21.3 Å². The fourth-order valence-corrected chi connectivity index (χ4v) is 3.80. The Morgan fingerprint density at radius 3 is 1.72 bits per heavy atom. The van der Waals surface area contributed by atoms with Gasteiger partial charge < -0.3 is 24.4 Å². The van der Waals surface area contributed by atoms with E-state index in [0.29, 0.717) is 24.3 Å². The predicted octanol–water partition coefficient (Wildman–Crippen LogP) is 3.67. The molecule has 0 fully saturated rings. The minimum absolute atomic E-state index is 0.0115. The molecule has 0 amide bonds. The summed E-state index contributed by atoms with van der Waals surface area (Å²) in [5.74, 6) is 2.14. The van der Waals surface area contributed by atoms with Crippen LogP contribution in [0.2, 0.25) is 0 Å². The number of aliphatic hydroxyl groups is 2. The lowest BCUT2D eigenvalue weighted by Crippen LogP contribution is -2.26. The monoisotopic (exact) mass is 402 g/mol. The zero-order valence-corrected chi connectivity index (χ0v) is 18.0. The smallest absolute Gasteiger partial charge is 0.160 e. The van der Waals surface area contributed by atoms with Gasteiger partial charge in [-0.3, -0.25) is 0 Å². The van der Waals surface area contributed by atoms with Gasteiger partial charge in [-0.15, -0.1) is 0 Å². The van der Waals surface area contributed by atoms with Gasteiger partial charge in [0.15, 0.2) is 11.5 Å². The normalized spacial score (nSPS) is 13.0. The third-order valence-electron chi connectivity index (χ3n) is 5.44. The molecule has 0 radical (unpaired) electrons. The van der Waals surface area contributed by atoms with E-state index in [2.05, 4.69) is 13.0 Å². The van der Waals surface area contributed by atoms with Crippen LogP contribution in [0.15, 0.2) is 36.4 Å². The highest BCUT2D eigenvalue weighted by atomic mass is 16.5. The summed E-state index contributed by atoms with van der Waals surface area (Å²) in [5.41, 5.74) is 3.38. The highest BCUT2D eigenvalue weighted by Crippen LogP contribution is 2.30. The van der Waals surface area contributed by atoms with E-state index < -0.39 is 0 Å². The second-order valence-electron chi connectivity index (χ2n) is 7.38. The zero-order valence-electron chi connectivity index (χ0n) is 18.0. The van der Waals surface area contributed by atoms with Crippen molar-refractivity contribution >= 4 is 0 Å². The summed E-state index contributed by atoms with van der Waals surface area (Å²) in [7, 11) is 4.91. The number of ether oxygens (including phenoxy) is 3. The van der Waals surface area contributed by atoms with Crippen molar-refractivity contribution in [2.45, 2.75) is 32.6 Å². The van der Waals surface area contributed by atoms with Crippen molar-refractivity contribution in [2.75, 3.05) is 34.5 Å². The quantitative estimate of drug-likeness (QED) is 0.567. The van der Waals surface area contributed by atoms with Crippen molar-refractivity contribution in [2.24, 2.45) is 11.8 Å². The minimum Gasteiger partial charge on any atom is -0.496 e. The first kappa shape index (κ1) is 23.0. The van der Waals surface area contributed by atoms with Gasteiger partial charge in [-0.25, -0.2) is 0 Å². The van der Waals surface area contributed by atoms with Crippen LogP contribution in [0.5, 0.6) is 17.2 Å². The Bertz CT molecular complexity index is 759. The second kappa shape index (κ2) is 11.7. The lowest BCUT2D eigenvalue weighted by molar-refractivity contribution is 0.119. The molecule has 0 aliphatic rings. The van der Waals surface area contributed by atoms with E-state index >= 15 is 0 Å². The summed E-state index contributed by atoms with van der Waals surface area (Å²) < 4.78 is 16.1. The first-order valence-corrected chi connectivity index (χ1v) is 10.2. The summed E-state index contributed by atoms with van der Waals surface area (Å²) in [6.45, 7) is 2.18. The molecule has 0 bridgehead atoms. The van der Waals surface area contributed by atoms with E-state index in [0.717, 1.165) is 29.7 Å². The number of aryl methyl sites for hydroxylation is 1. The van der Waals surface area contributed by atoms with Gasteiger partial charge in [0.1, 0.15) is 5.75 Å². The SMILES string of the molecule is CCCc1cc(C[C@@H](CO)[C@@H](CO)Cc2ccc(OC)c(OC)c2)ccc1OC. The van der Waals surface area contributed by atoms with Crippen molar-refractivity contribution in [1.29, 1.82) is 0 Å². The largest absolute Gasteiger partial charge is 0.496 e. The molecule has 5 nitrogen and oxygen atoms in total. The Labute approximate surface area is 174 Å². The van der Waals surface area contributed by atoms with E-state index in [1.54, 1.807) is 21.3 Å². The van der Waals surface area contributed by atoms with Crippen LogP contribution >= 0.6 is 0 Å². The maximum Gasteiger partial charge on any atom is 0.160 e. The van der Waals surface area contributed by atoms with Crippen molar-refractivity contribution in [3.63, 3.8) is 0 Å². The Hall–Kier alpha value is -2.24. The highest BCUT2D eigenvalue weighted by molar-refractivity contribution is 5.43. The maximum absolute atomic E-state index is 10.0. The lowest BCUT2D eigenvalue weighted by Gasteiger charge is -2.25. The molecule has 5 heteroatoms. The molecular weight excluding hydrogens is 368 g/mol. The summed E-state index contributed by atoms with van der Waals surface area (Å²) in [5, 5.41) is 20.1. The summed E-state index contributed by atoms with van der Waals surface area (Å²) in [4.78, 5) is 0. The molecule has 0 unspecified atom stereocenters. The van der Waals surface area contributed by atoms with Crippen LogP contribution in [-0.4, -0.2) is 44.8 Å². The topological polar surface area (TPSA) is 68.2 Å². The van der Waals surface area contributed by atoms with E-state index in [-0.39, 0.29) is 25.0 Å². The minimum atomic E-state index is -0.0603. The predicted molar refractivity (Wildman–Crippen MR) is 115 cm³/mol. The van der Waals surface area contributed by atoms with Gasteiger partial charge in [-0.1, -0.05) is 31.5 Å². The van der Waals surface area contributed by atoms with Gasteiger partial charge in [0.2, 0.25) is 0 Å². The zero-order chi connectivity index (χ0) is 21.2. The van der Waals surface area contributed by atoms with E-state index in [4.69, 9.17) is 14.2 Å². The highest BCUT2D eigenvalue weighted by Gasteiger charge is 2.22. The molecule has 2 rings (SSSR count). The number of aliphatic hydroxyl groups excluding tert-OH is 2. The molecule has 0 heterocycles. The van der Waals surface area contributed by atoms with Crippen LogP contribution in [-0.2, 0) is 19.3 Å². The lowest BCUT2D eigenvalue weighted by atomic mass is 9.83. The molecule has 0 aliphatic heterocycles. The fourth-order valence-electron chi connectivity index (χ4n) is 3.80. The van der Waals surface area contributed by atoms with Crippen LogP contribution in [0.25, 0.3) is 0 Å². The van der Waals surface area contributed by atoms with Gasteiger partial charge in [-0.2, -0.15) is 0 Å². The summed E-state index contributed by atoms with van der Waals surface area (Å²) in [6.07, 6.45) is 3.35. The number of benzene rings is 2. The molecule has 0 spiro atoms. The molecule has 29 heavy (non-hydrogen) atoms. The third kappa shape index (κ3) is 6.12. The first-order chi connectivity index (χ1) is 14.1. The number of rotatable bonds is 12. The first-order valence-electron chi connectivity index (χ1n) is 10.2. The third-order valence-corrected chi connectivity index (χ3v) is 5.44. The van der Waals surface area contributed by atoms with Gasteiger partial charge in [0, 0.05) is 13.2 Å². The van der Waals surface area contributed by atoms with Crippen LogP contribution in [0, 0.1) is 11.8 Å². The summed E-state index contributed by atoms with van der Waals surface area (Å²) >= 11 is 0. The van der Waals surface area contributed by atoms with E-state index in [1.165, 1.54) is 5.56 Å². The summed E-state index contributed by atoms with van der Waals surface area (Å²) in [6, 6.07) is 12.0. The van der Waals surface area contributed by atoms with Crippen molar-refractivity contribution in [3.05, 3.63) is 53.1 Å². The van der Waals surface area contributed by atoms with Gasteiger partial charge in [-0.05, 0) is 66.0 Å². The van der Waals surface area contributed by atoms with Crippen LogP contribution in [0.3, 0.4) is 0 Å². The van der Waals surface area contributed by atoms with Gasteiger partial charge >= 0.3 is 0 Å². The number of methoxy groups -OCH3 is 3. The molecule has 2 atom stereocenters. The molecular formula is C24H34O5.